The van der Waals surface area contributed by atoms with E-state index in [9.17, 15) is 9.59 Å². The lowest BCUT2D eigenvalue weighted by Gasteiger charge is -2.16. The van der Waals surface area contributed by atoms with Gasteiger partial charge in [-0.25, -0.2) is 4.79 Å². The SMILES string of the molecule is O=C(Cc1ccc(Br)cc1)Nc1cccc(NC(=O)N2CCCC2)c1. The number of benzene rings is 2. The highest BCUT2D eigenvalue weighted by atomic mass is 79.9. The van der Waals surface area contributed by atoms with Gasteiger partial charge >= 0.3 is 6.03 Å². The number of carbonyl (C=O) groups is 2. The van der Waals surface area contributed by atoms with Crippen LogP contribution in [-0.4, -0.2) is 29.9 Å². The van der Waals surface area contributed by atoms with Gasteiger partial charge in [0.15, 0.2) is 0 Å². The van der Waals surface area contributed by atoms with Crippen LogP contribution in [0, 0.1) is 0 Å². The number of rotatable bonds is 4. The maximum Gasteiger partial charge on any atom is 0.321 e. The summed E-state index contributed by atoms with van der Waals surface area (Å²) in [5.41, 5.74) is 2.29. The smallest absolute Gasteiger partial charge is 0.321 e. The largest absolute Gasteiger partial charge is 0.326 e. The number of nitrogens with zero attached hydrogens (tertiary/aromatic N) is 1. The van der Waals surface area contributed by atoms with Crippen molar-refractivity contribution in [2.75, 3.05) is 23.7 Å². The normalized spacial score (nSPS) is 13.6. The third kappa shape index (κ3) is 5.06. The van der Waals surface area contributed by atoms with E-state index >= 15 is 0 Å². The molecule has 0 saturated carbocycles. The van der Waals surface area contributed by atoms with Gasteiger partial charge in [0.2, 0.25) is 5.91 Å². The lowest BCUT2D eigenvalue weighted by molar-refractivity contribution is -0.115. The summed E-state index contributed by atoms with van der Waals surface area (Å²) in [6, 6.07) is 14.8. The van der Waals surface area contributed by atoms with E-state index in [-0.39, 0.29) is 11.9 Å². The minimum absolute atomic E-state index is 0.0872. The Balaban J connectivity index is 1.58. The van der Waals surface area contributed by atoms with Crippen LogP contribution in [0.2, 0.25) is 0 Å². The summed E-state index contributed by atoms with van der Waals surface area (Å²) in [6.07, 6.45) is 2.41. The molecule has 0 radical (unpaired) electrons. The van der Waals surface area contributed by atoms with Crippen molar-refractivity contribution in [3.05, 3.63) is 58.6 Å². The first-order valence-electron chi connectivity index (χ1n) is 8.30. The second kappa shape index (κ2) is 8.16. The molecule has 1 aliphatic heterocycles. The molecule has 2 aromatic carbocycles. The molecule has 2 aromatic rings. The Morgan fingerprint density at radius 3 is 2.28 bits per heavy atom. The summed E-state index contributed by atoms with van der Waals surface area (Å²) >= 11 is 3.38. The number of halogens is 1. The predicted molar refractivity (Wildman–Crippen MR) is 103 cm³/mol. The fraction of sp³-hybridized carbons (Fsp3) is 0.263. The maximum absolute atomic E-state index is 12.2. The number of likely N-dealkylation sites (tertiary alicyclic amines) is 1. The molecular weight excluding hydrogens is 382 g/mol. The van der Waals surface area contributed by atoms with Gasteiger partial charge in [-0.15, -0.1) is 0 Å². The second-order valence-corrected chi connectivity index (χ2v) is 6.97. The van der Waals surface area contributed by atoms with Crippen LogP contribution in [0.25, 0.3) is 0 Å². The summed E-state index contributed by atoms with van der Waals surface area (Å²) in [5, 5.41) is 5.76. The van der Waals surface area contributed by atoms with Crippen LogP contribution in [0.15, 0.2) is 53.0 Å². The standard InChI is InChI=1S/C19H20BrN3O2/c20-15-8-6-14(7-9-15)12-18(24)21-16-4-3-5-17(13-16)22-19(25)23-10-1-2-11-23/h3-9,13H,1-2,10-12H2,(H,21,24)(H,22,25). The van der Waals surface area contributed by atoms with Crippen LogP contribution in [0.4, 0.5) is 16.2 Å². The predicted octanol–water partition coefficient (Wildman–Crippen LogP) is 4.26. The van der Waals surface area contributed by atoms with Crippen molar-refractivity contribution in [2.24, 2.45) is 0 Å². The number of amides is 3. The molecule has 0 unspecified atom stereocenters. The average Bonchev–Trinajstić information content (AvgIpc) is 3.12. The summed E-state index contributed by atoms with van der Waals surface area (Å²) in [5.74, 6) is -0.0923. The molecule has 0 aromatic heterocycles. The third-order valence-electron chi connectivity index (χ3n) is 4.07. The summed E-state index contributed by atoms with van der Waals surface area (Å²) in [7, 11) is 0. The van der Waals surface area contributed by atoms with Crippen molar-refractivity contribution in [3.63, 3.8) is 0 Å². The Morgan fingerprint density at radius 1 is 0.960 bits per heavy atom. The van der Waals surface area contributed by atoms with Crippen LogP contribution in [0.5, 0.6) is 0 Å². The number of carbonyl (C=O) groups excluding carboxylic acids is 2. The average molecular weight is 402 g/mol. The van der Waals surface area contributed by atoms with Gasteiger partial charge in [-0.3, -0.25) is 4.79 Å². The van der Waals surface area contributed by atoms with E-state index in [2.05, 4.69) is 26.6 Å². The molecule has 130 valence electrons. The van der Waals surface area contributed by atoms with Gasteiger partial charge in [-0.2, -0.15) is 0 Å². The molecule has 25 heavy (non-hydrogen) atoms. The van der Waals surface area contributed by atoms with Gasteiger partial charge in [0.25, 0.3) is 0 Å². The third-order valence-corrected chi connectivity index (χ3v) is 4.60. The summed E-state index contributed by atoms with van der Waals surface area (Å²) in [4.78, 5) is 26.1. The van der Waals surface area contributed by atoms with E-state index in [0.717, 1.165) is 36.0 Å². The van der Waals surface area contributed by atoms with Crippen LogP contribution in [-0.2, 0) is 11.2 Å². The first kappa shape index (κ1) is 17.5. The molecule has 2 N–H and O–H groups in total. The molecule has 3 rings (SSSR count). The minimum atomic E-state index is -0.0923. The van der Waals surface area contributed by atoms with E-state index in [1.165, 1.54) is 0 Å². The molecule has 0 bridgehead atoms. The van der Waals surface area contributed by atoms with E-state index in [1.807, 2.05) is 42.5 Å². The molecule has 1 saturated heterocycles. The minimum Gasteiger partial charge on any atom is -0.326 e. The maximum atomic E-state index is 12.2. The van der Waals surface area contributed by atoms with Crippen molar-refractivity contribution in [2.45, 2.75) is 19.3 Å². The molecule has 1 heterocycles. The fourth-order valence-corrected chi connectivity index (χ4v) is 3.05. The van der Waals surface area contributed by atoms with Gasteiger partial charge in [0, 0.05) is 28.9 Å². The van der Waals surface area contributed by atoms with Crippen LogP contribution >= 0.6 is 15.9 Å². The van der Waals surface area contributed by atoms with Crippen molar-refractivity contribution in [1.29, 1.82) is 0 Å². The highest BCUT2D eigenvalue weighted by Crippen LogP contribution is 2.18. The molecule has 0 spiro atoms. The number of anilines is 2. The van der Waals surface area contributed by atoms with Crippen molar-refractivity contribution >= 4 is 39.2 Å². The first-order valence-corrected chi connectivity index (χ1v) is 9.10. The van der Waals surface area contributed by atoms with E-state index in [0.29, 0.717) is 17.8 Å². The van der Waals surface area contributed by atoms with Gasteiger partial charge in [-0.05, 0) is 48.7 Å². The van der Waals surface area contributed by atoms with Crippen LogP contribution in [0.1, 0.15) is 18.4 Å². The molecule has 3 amide bonds. The zero-order valence-electron chi connectivity index (χ0n) is 13.8. The van der Waals surface area contributed by atoms with Gasteiger partial charge in [0.1, 0.15) is 0 Å². The van der Waals surface area contributed by atoms with Crippen molar-refractivity contribution in [1.82, 2.24) is 4.90 Å². The lowest BCUT2D eigenvalue weighted by atomic mass is 10.1. The summed E-state index contributed by atoms with van der Waals surface area (Å²) < 4.78 is 0.984. The zero-order chi connectivity index (χ0) is 17.6. The zero-order valence-corrected chi connectivity index (χ0v) is 15.4. The van der Waals surface area contributed by atoms with E-state index in [4.69, 9.17) is 0 Å². The molecule has 1 fully saturated rings. The molecular formula is C19H20BrN3O2. The number of urea groups is 1. The molecule has 0 aliphatic carbocycles. The topological polar surface area (TPSA) is 61.4 Å². The fourth-order valence-electron chi connectivity index (χ4n) is 2.79. The van der Waals surface area contributed by atoms with E-state index in [1.54, 1.807) is 11.0 Å². The lowest BCUT2D eigenvalue weighted by Crippen LogP contribution is -2.32. The van der Waals surface area contributed by atoms with E-state index < -0.39 is 0 Å². The van der Waals surface area contributed by atoms with Gasteiger partial charge in [0.05, 0.1) is 6.42 Å². The van der Waals surface area contributed by atoms with Gasteiger partial charge in [-0.1, -0.05) is 34.1 Å². The monoisotopic (exact) mass is 401 g/mol. The Labute approximate surface area is 155 Å². The van der Waals surface area contributed by atoms with Crippen molar-refractivity contribution in [3.8, 4) is 0 Å². The molecule has 6 heteroatoms. The number of hydrogen-bond donors (Lipinski definition) is 2. The Hall–Kier alpha value is -2.34. The Bertz CT molecular complexity index is 756. The Morgan fingerprint density at radius 2 is 1.60 bits per heavy atom. The Kier molecular flexibility index (Phi) is 5.71. The highest BCUT2D eigenvalue weighted by Gasteiger charge is 2.17. The number of nitrogens with one attached hydrogen (secondary N) is 2. The quantitative estimate of drug-likeness (QED) is 0.803. The molecule has 0 atom stereocenters. The second-order valence-electron chi connectivity index (χ2n) is 6.06. The first-order chi connectivity index (χ1) is 12.1. The highest BCUT2D eigenvalue weighted by molar-refractivity contribution is 9.10. The number of hydrogen-bond acceptors (Lipinski definition) is 2. The summed E-state index contributed by atoms with van der Waals surface area (Å²) in [6.45, 7) is 1.60. The molecule has 1 aliphatic rings. The van der Waals surface area contributed by atoms with Crippen molar-refractivity contribution < 1.29 is 9.59 Å². The van der Waals surface area contributed by atoms with Crippen LogP contribution < -0.4 is 10.6 Å². The molecule has 5 nitrogen and oxygen atoms in total. The van der Waals surface area contributed by atoms with Crippen LogP contribution in [0.3, 0.4) is 0 Å². The van der Waals surface area contributed by atoms with Gasteiger partial charge < -0.3 is 15.5 Å².